The summed E-state index contributed by atoms with van der Waals surface area (Å²) in [6.45, 7) is 6.81. The summed E-state index contributed by atoms with van der Waals surface area (Å²) in [6, 6.07) is 4.11. The van der Waals surface area contributed by atoms with Crippen LogP contribution in [-0.2, 0) is 19.6 Å². The van der Waals surface area contributed by atoms with E-state index >= 15 is 0 Å². The third-order valence-corrected chi connectivity index (χ3v) is 2.86. The van der Waals surface area contributed by atoms with Crippen molar-refractivity contribution in [3.8, 4) is 0 Å². The molecule has 0 saturated carbocycles. The Labute approximate surface area is 102 Å². The van der Waals surface area contributed by atoms with Crippen molar-refractivity contribution >= 4 is 0 Å². The minimum absolute atomic E-state index is 0.843. The first-order valence-corrected chi connectivity index (χ1v) is 5.92. The molecule has 4 heteroatoms. The van der Waals surface area contributed by atoms with Crippen LogP contribution < -0.4 is 5.32 Å². The molecule has 0 radical (unpaired) electrons. The van der Waals surface area contributed by atoms with E-state index in [1.54, 1.807) is 0 Å². The van der Waals surface area contributed by atoms with Gasteiger partial charge in [0, 0.05) is 38.2 Å². The van der Waals surface area contributed by atoms with Crippen molar-refractivity contribution in [3.63, 3.8) is 0 Å². The Morgan fingerprint density at radius 1 is 1.24 bits per heavy atom. The maximum Gasteiger partial charge on any atom is 0.0522 e. The number of aromatic nitrogens is 3. The molecule has 0 aliphatic heterocycles. The highest BCUT2D eigenvalue weighted by atomic mass is 15.3. The number of hydrogen-bond acceptors (Lipinski definition) is 3. The van der Waals surface area contributed by atoms with Crippen LogP contribution in [0.25, 0.3) is 0 Å². The molecule has 0 aliphatic rings. The van der Waals surface area contributed by atoms with Crippen molar-refractivity contribution in [2.45, 2.75) is 33.5 Å². The zero-order valence-corrected chi connectivity index (χ0v) is 10.3. The van der Waals surface area contributed by atoms with Gasteiger partial charge in [-0.3, -0.25) is 9.67 Å². The molecule has 2 aromatic heterocycles. The maximum absolute atomic E-state index is 4.24. The zero-order valence-electron chi connectivity index (χ0n) is 10.3. The van der Waals surface area contributed by atoms with Crippen molar-refractivity contribution < 1.29 is 0 Å². The van der Waals surface area contributed by atoms with E-state index in [4.69, 9.17) is 0 Å². The van der Waals surface area contributed by atoms with E-state index in [1.807, 2.05) is 23.3 Å². The van der Waals surface area contributed by atoms with Gasteiger partial charge in [-0.25, -0.2) is 0 Å². The molecule has 1 N–H and O–H groups in total. The van der Waals surface area contributed by atoms with Crippen LogP contribution in [0.1, 0.15) is 23.7 Å². The lowest BCUT2D eigenvalue weighted by Crippen LogP contribution is -2.16. The van der Waals surface area contributed by atoms with Gasteiger partial charge in [0.1, 0.15) is 0 Å². The first-order valence-electron chi connectivity index (χ1n) is 5.92. The quantitative estimate of drug-likeness (QED) is 0.853. The second-order valence-corrected chi connectivity index (χ2v) is 4.04. The fourth-order valence-corrected chi connectivity index (χ4v) is 1.82. The van der Waals surface area contributed by atoms with E-state index in [2.05, 4.69) is 41.4 Å². The van der Waals surface area contributed by atoms with E-state index in [-0.39, 0.29) is 0 Å². The second kappa shape index (κ2) is 5.59. The van der Waals surface area contributed by atoms with Crippen LogP contribution in [0.15, 0.2) is 30.7 Å². The molecule has 2 rings (SSSR count). The number of aryl methyl sites for hydroxylation is 2. The summed E-state index contributed by atoms with van der Waals surface area (Å²) in [4.78, 5) is 4.09. The minimum Gasteiger partial charge on any atom is -0.307 e. The molecule has 0 fully saturated rings. The van der Waals surface area contributed by atoms with Gasteiger partial charge in [-0.15, -0.1) is 0 Å². The van der Waals surface area contributed by atoms with E-state index in [0.717, 1.165) is 19.6 Å². The summed E-state index contributed by atoms with van der Waals surface area (Å²) < 4.78 is 2.01. The predicted octanol–water partition coefficient (Wildman–Crippen LogP) is 1.90. The lowest BCUT2D eigenvalue weighted by Gasteiger charge is -2.08. The molecule has 90 valence electrons. The molecule has 0 atom stereocenters. The molecule has 0 amide bonds. The highest BCUT2D eigenvalue weighted by Crippen LogP contribution is 2.05. The van der Waals surface area contributed by atoms with Crippen molar-refractivity contribution in [2.24, 2.45) is 0 Å². The molecule has 0 bridgehead atoms. The number of nitrogens with one attached hydrogen (secondary N) is 1. The number of rotatable bonds is 5. The van der Waals surface area contributed by atoms with Crippen LogP contribution in [-0.4, -0.2) is 14.8 Å². The van der Waals surface area contributed by atoms with Gasteiger partial charge >= 0.3 is 0 Å². The van der Waals surface area contributed by atoms with Crippen LogP contribution in [0, 0.1) is 6.92 Å². The minimum atomic E-state index is 0.843. The van der Waals surface area contributed by atoms with E-state index < -0.39 is 0 Å². The lowest BCUT2D eigenvalue weighted by molar-refractivity contribution is 0.581. The number of nitrogens with zero attached hydrogens (tertiary/aromatic N) is 3. The zero-order chi connectivity index (χ0) is 12.1. The fraction of sp³-hybridized carbons (Fsp3) is 0.385. The Hall–Kier alpha value is -1.68. The average Bonchev–Trinajstić information content (AvgIpc) is 2.79. The molecule has 0 aromatic carbocycles. The Balaban J connectivity index is 1.90. The van der Waals surface area contributed by atoms with Crippen LogP contribution in [0.4, 0.5) is 0 Å². The van der Waals surface area contributed by atoms with Gasteiger partial charge in [-0.2, -0.15) is 5.10 Å². The Bertz CT molecular complexity index is 476. The molecular weight excluding hydrogens is 212 g/mol. The Morgan fingerprint density at radius 3 is 2.88 bits per heavy atom. The van der Waals surface area contributed by atoms with Crippen molar-refractivity contribution in [1.29, 1.82) is 0 Å². The van der Waals surface area contributed by atoms with E-state index in [0.29, 0.717) is 0 Å². The standard InChI is InChI=1S/C13H18N4/c1-3-17-13(5-7-16-17)10-15-9-12-4-6-14-8-11(12)2/h4-8,15H,3,9-10H2,1-2H3. The third-order valence-electron chi connectivity index (χ3n) is 2.86. The molecule has 2 aromatic rings. The van der Waals surface area contributed by atoms with Gasteiger partial charge in [0.05, 0.1) is 5.69 Å². The molecule has 0 unspecified atom stereocenters. The first kappa shape index (κ1) is 11.8. The Morgan fingerprint density at radius 2 is 2.12 bits per heavy atom. The van der Waals surface area contributed by atoms with E-state index in [1.165, 1.54) is 16.8 Å². The van der Waals surface area contributed by atoms with Crippen LogP contribution in [0.2, 0.25) is 0 Å². The van der Waals surface area contributed by atoms with E-state index in [9.17, 15) is 0 Å². The second-order valence-electron chi connectivity index (χ2n) is 4.04. The average molecular weight is 230 g/mol. The van der Waals surface area contributed by atoms with Gasteiger partial charge in [0.2, 0.25) is 0 Å². The smallest absolute Gasteiger partial charge is 0.0522 e. The van der Waals surface area contributed by atoms with Crippen molar-refractivity contribution in [2.75, 3.05) is 0 Å². The van der Waals surface area contributed by atoms with Crippen LogP contribution >= 0.6 is 0 Å². The molecule has 0 saturated heterocycles. The highest BCUT2D eigenvalue weighted by Gasteiger charge is 2.01. The van der Waals surface area contributed by atoms with Gasteiger partial charge in [0.25, 0.3) is 0 Å². The summed E-state index contributed by atoms with van der Waals surface area (Å²) in [5.41, 5.74) is 3.74. The molecule has 0 aliphatic carbocycles. The topological polar surface area (TPSA) is 42.7 Å². The van der Waals surface area contributed by atoms with Gasteiger partial charge in [-0.05, 0) is 37.1 Å². The van der Waals surface area contributed by atoms with Crippen LogP contribution in [0.5, 0.6) is 0 Å². The molecule has 0 spiro atoms. The molecule has 4 nitrogen and oxygen atoms in total. The monoisotopic (exact) mass is 230 g/mol. The van der Waals surface area contributed by atoms with Crippen molar-refractivity contribution in [3.05, 3.63) is 47.5 Å². The summed E-state index contributed by atoms with van der Waals surface area (Å²) in [5.74, 6) is 0. The summed E-state index contributed by atoms with van der Waals surface area (Å²) in [5, 5.41) is 7.68. The molecule has 17 heavy (non-hydrogen) atoms. The van der Waals surface area contributed by atoms with Gasteiger partial charge < -0.3 is 5.32 Å². The highest BCUT2D eigenvalue weighted by molar-refractivity contribution is 5.21. The molecule has 2 heterocycles. The third kappa shape index (κ3) is 2.91. The first-order chi connectivity index (χ1) is 8.31. The predicted molar refractivity (Wildman–Crippen MR) is 67.4 cm³/mol. The van der Waals surface area contributed by atoms with Crippen LogP contribution in [0.3, 0.4) is 0 Å². The number of hydrogen-bond donors (Lipinski definition) is 1. The maximum atomic E-state index is 4.24. The Kier molecular flexibility index (Phi) is 3.88. The SMILES string of the molecule is CCn1nccc1CNCc1ccncc1C. The van der Waals surface area contributed by atoms with Gasteiger partial charge in [0.15, 0.2) is 0 Å². The summed E-state index contributed by atoms with van der Waals surface area (Å²) in [7, 11) is 0. The number of pyridine rings is 1. The summed E-state index contributed by atoms with van der Waals surface area (Å²) >= 11 is 0. The lowest BCUT2D eigenvalue weighted by atomic mass is 10.1. The molecular formula is C13H18N4. The normalized spacial score (nSPS) is 10.7. The van der Waals surface area contributed by atoms with Crippen molar-refractivity contribution in [1.82, 2.24) is 20.1 Å². The fourth-order valence-electron chi connectivity index (χ4n) is 1.82. The van der Waals surface area contributed by atoms with Gasteiger partial charge in [-0.1, -0.05) is 0 Å². The summed E-state index contributed by atoms with van der Waals surface area (Å²) in [6.07, 6.45) is 5.58. The largest absolute Gasteiger partial charge is 0.307 e.